The van der Waals surface area contributed by atoms with E-state index in [1.54, 1.807) is 0 Å². The number of carbonyl (C=O) groups is 3. The minimum Gasteiger partial charge on any atom is -0.508 e. The molecule has 1 saturated heterocycles. The minimum atomic E-state index is -2.54. The van der Waals surface area contributed by atoms with E-state index < -0.39 is 52.0 Å². The van der Waals surface area contributed by atoms with Crippen molar-refractivity contribution in [3.8, 4) is 5.75 Å². The number of phenols is 1. The van der Waals surface area contributed by atoms with E-state index in [1.807, 2.05) is 12.3 Å². The number of likely N-dealkylation sites (tertiary alicyclic amines) is 1. The number of aromatic hydroxyl groups is 1. The molecule has 6 N–H and O–H groups in total. The topological polar surface area (TPSA) is 161 Å². The summed E-state index contributed by atoms with van der Waals surface area (Å²) < 4.78 is 0. The zero-order chi connectivity index (χ0) is 26.6. The molecule has 1 aromatic rings. The van der Waals surface area contributed by atoms with Crippen LogP contribution in [0, 0.1) is 11.8 Å². The van der Waals surface area contributed by atoms with Crippen LogP contribution >= 0.6 is 11.8 Å². The van der Waals surface area contributed by atoms with Gasteiger partial charge in [-0.2, -0.15) is 11.8 Å². The second-order valence-electron chi connectivity index (χ2n) is 10.6. The quantitative estimate of drug-likeness (QED) is 0.361. The van der Waals surface area contributed by atoms with E-state index in [0.717, 1.165) is 37.1 Å². The van der Waals surface area contributed by atoms with Crippen LogP contribution in [0.1, 0.15) is 54.4 Å². The lowest BCUT2D eigenvalue weighted by Crippen LogP contribution is -2.58. The van der Waals surface area contributed by atoms with Crippen LogP contribution in [-0.2, 0) is 33.1 Å². The molecule has 3 aliphatic carbocycles. The van der Waals surface area contributed by atoms with Crippen molar-refractivity contribution in [1.29, 1.82) is 0 Å². The Balaban J connectivity index is 1.65. The summed E-state index contributed by atoms with van der Waals surface area (Å²) in [5.41, 5.74) is 4.40. The van der Waals surface area contributed by atoms with Crippen molar-refractivity contribution in [2.45, 2.75) is 56.4 Å². The molecule has 2 fully saturated rings. The van der Waals surface area contributed by atoms with Gasteiger partial charge >= 0.3 is 0 Å². The van der Waals surface area contributed by atoms with Crippen molar-refractivity contribution in [3.05, 3.63) is 45.2 Å². The molecule has 1 heterocycles. The molecule has 9 nitrogen and oxygen atoms in total. The van der Waals surface area contributed by atoms with Crippen molar-refractivity contribution in [1.82, 2.24) is 4.90 Å². The normalized spacial score (nSPS) is 28.2. The van der Waals surface area contributed by atoms with Crippen LogP contribution < -0.4 is 5.73 Å². The fourth-order valence-corrected chi connectivity index (χ4v) is 7.12. The third-order valence-corrected chi connectivity index (χ3v) is 8.98. The van der Waals surface area contributed by atoms with Crippen LogP contribution in [0.15, 0.2) is 23.0 Å². The Bertz CT molecular complexity index is 1260. The molecule has 0 aromatic heterocycles. The van der Waals surface area contributed by atoms with Gasteiger partial charge in [-0.15, -0.1) is 0 Å². The van der Waals surface area contributed by atoms with Crippen molar-refractivity contribution >= 4 is 35.0 Å². The Morgan fingerprint density at radius 3 is 2.49 bits per heavy atom. The number of thioether (sulfide) groups is 1. The summed E-state index contributed by atoms with van der Waals surface area (Å²) in [6, 6.07) is 1.98. The highest BCUT2D eigenvalue weighted by molar-refractivity contribution is 7.97. The van der Waals surface area contributed by atoms with Crippen molar-refractivity contribution in [2.24, 2.45) is 17.6 Å². The first kappa shape index (κ1) is 25.8. The number of Topliss-reactive ketones (excluding diaryl/α,β-unsaturated/α-hetero) is 2. The van der Waals surface area contributed by atoms with Crippen LogP contribution in [0.5, 0.6) is 5.75 Å². The van der Waals surface area contributed by atoms with Gasteiger partial charge in [-0.1, -0.05) is 6.42 Å². The molecule has 4 aliphatic rings. The van der Waals surface area contributed by atoms with Gasteiger partial charge < -0.3 is 26.2 Å². The lowest BCUT2D eigenvalue weighted by atomic mass is 9.59. The first-order valence-corrected chi connectivity index (χ1v) is 14.0. The number of ketones is 2. The predicted octanol–water partition coefficient (Wildman–Crippen LogP) is 2.27. The number of nitrogens with two attached hydrogens (primary N) is 1. The molecule has 0 radical (unpaired) electrons. The van der Waals surface area contributed by atoms with Gasteiger partial charge in [-0.25, -0.2) is 0 Å². The monoisotopic (exact) mass is 528 g/mol. The average Bonchev–Trinajstić information content (AvgIpc) is 2.84. The van der Waals surface area contributed by atoms with E-state index in [1.165, 1.54) is 18.2 Å². The molecule has 37 heavy (non-hydrogen) atoms. The Morgan fingerprint density at radius 1 is 1.14 bits per heavy atom. The third kappa shape index (κ3) is 3.97. The smallest absolute Gasteiger partial charge is 0.255 e. The molecule has 0 spiro atoms. The van der Waals surface area contributed by atoms with Gasteiger partial charge in [-0.3, -0.25) is 19.3 Å². The van der Waals surface area contributed by atoms with Gasteiger partial charge in [0, 0.05) is 35.8 Å². The molecule has 1 amide bonds. The van der Waals surface area contributed by atoms with Crippen LogP contribution in [0.2, 0.25) is 0 Å². The first-order valence-electron chi connectivity index (χ1n) is 12.6. The van der Waals surface area contributed by atoms with Crippen LogP contribution in [0.3, 0.4) is 0 Å². The minimum absolute atomic E-state index is 0.100. The van der Waals surface area contributed by atoms with Crippen LogP contribution in [-0.4, -0.2) is 67.7 Å². The molecule has 10 heteroatoms. The number of aliphatic hydroxyl groups excluding tert-OH is 2. The summed E-state index contributed by atoms with van der Waals surface area (Å²) in [5.74, 6) is -5.47. The Morgan fingerprint density at radius 2 is 1.84 bits per heavy atom. The standard InChI is InChI=1S/C27H32N2O7S/c1-37-12-15-7-14(11-29-5-3-2-4-6-29)17-9-13-8-16-10-18(30)21(26(28)35)25(34)27(16,36)24(33)19(13)23(32)20(17)22(15)31/h7,13,16,31-32,34,36H,2-6,8-12H2,1H3,(H2,28,35). The van der Waals surface area contributed by atoms with Gasteiger partial charge in [0.1, 0.15) is 22.8 Å². The highest BCUT2D eigenvalue weighted by Crippen LogP contribution is 2.53. The zero-order valence-electron chi connectivity index (χ0n) is 20.7. The van der Waals surface area contributed by atoms with E-state index in [0.29, 0.717) is 24.3 Å². The molecular weight excluding hydrogens is 496 g/mol. The highest BCUT2D eigenvalue weighted by Gasteiger charge is 2.60. The van der Waals surface area contributed by atoms with E-state index in [2.05, 4.69) is 4.90 Å². The number of carbonyl (C=O) groups excluding carboxylic acids is 3. The fraction of sp³-hybridized carbons (Fsp3) is 0.519. The second kappa shape index (κ2) is 9.49. The number of aliphatic hydroxyl groups is 3. The van der Waals surface area contributed by atoms with Gasteiger partial charge in [0.25, 0.3) is 5.91 Å². The first-order chi connectivity index (χ1) is 17.6. The van der Waals surface area contributed by atoms with E-state index in [-0.39, 0.29) is 29.7 Å². The number of rotatable bonds is 5. The second-order valence-corrected chi connectivity index (χ2v) is 11.4. The molecule has 1 saturated carbocycles. The number of primary amides is 1. The summed E-state index contributed by atoms with van der Waals surface area (Å²) >= 11 is 1.52. The summed E-state index contributed by atoms with van der Waals surface area (Å²) in [7, 11) is 0. The zero-order valence-corrected chi connectivity index (χ0v) is 21.6. The Hall–Kier alpha value is -2.82. The summed E-state index contributed by atoms with van der Waals surface area (Å²) in [5, 5.41) is 44.8. The molecular formula is C27H32N2O7S. The van der Waals surface area contributed by atoms with Crippen molar-refractivity contribution < 1.29 is 34.8 Å². The molecule has 3 unspecified atom stereocenters. The maximum atomic E-state index is 13.7. The van der Waals surface area contributed by atoms with Crippen LogP contribution in [0.4, 0.5) is 0 Å². The number of benzene rings is 1. The van der Waals surface area contributed by atoms with E-state index in [4.69, 9.17) is 5.73 Å². The lowest BCUT2D eigenvalue weighted by Gasteiger charge is -2.46. The summed E-state index contributed by atoms with van der Waals surface area (Å²) in [6.45, 7) is 2.59. The number of nitrogens with zero attached hydrogens (tertiary/aromatic N) is 1. The Kier molecular flexibility index (Phi) is 6.62. The number of fused-ring (bicyclic) bond motifs is 3. The van der Waals surface area contributed by atoms with Gasteiger partial charge in [0.05, 0.1) is 5.56 Å². The highest BCUT2D eigenvalue weighted by atomic mass is 32.2. The fourth-order valence-electron chi connectivity index (χ4n) is 6.59. The molecule has 1 aliphatic heterocycles. The Labute approximate surface area is 219 Å². The maximum Gasteiger partial charge on any atom is 0.255 e. The lowest BCUT2D eigenvalue weighted by molar-refractivity contribution is -0.147. The molecule has 0 bridgehead atoms. The molecule has 5 rings (SSSR count). The molecule has 198 valence electrons. The van der Waals surface area contributed by atoms with Crippen LogP contribution in [0.25, 0.3) is 5.76 Å². The van der Waals surface area contributed by atoms with Crippen molar-refractivity contribution in [3.63, 3.8) is 0 Å². The average molecular weight is 529 g/mol. The number of piperidine rings is 1. The van der Waals surface area contributed by atoms with Gasteiger partial charge in [0.2, 0.25) is 5.78 Å². The van der Waals surface area contributed by atoms with Gasteiger partial charge in [-0.05, 0) is 68.1 Å². The SMILES string of the molecule is CSCc1cc(CN2CCCCC2)c2c(c1O)C(O)=C1C(=O)C3(O)C(O)=C(C(N)=O)C(=O)CC3CC1C2. The van der Waals surface area contributed by atoms with Gasteiger partial charge in [0.15, 0.2) is 11.4 Å². The number of hydrogen-bond donors (Lipinski definition) is 5. The summed E-state index contributed by atoms with van der Waals surface area (Å²) in [6.07, 6.45) is 5.49. The third-order valence-electron chi connectivity index (χ3n) is 8.38. The number of hydrogen-bond acceptors (Lipinski definition) is 9. The van der Waals surface area contributed by atoms with E-state index >= 15 is 0 Å². The maximum absolute atomic E-state index is 13.7. The van der Waals surface area contributed by atoms with Crippen molar-refractivity contribution in [2.75, 3.05) is 19.3 Å². The largest absolute Gasteiger partial charge is 0.508 e. The number of amides is 1. The number of phenolic OH excluding ortho intramolecular Hbond substituents is 1. The molecule has 1 aromatic carbocycles. The van der Waals surface area contributed by atoms with E-state index in [9.17, 15) is 34.8 Å². The predicted molar refractivity (Wildman–Crippen MR) is 138 cm³/mol. The molecule has 3 atom stereocenters. The summed E-state index contributed by atoms with van der Waals surface area (Å²) in [4.78, 5) is 40.4.